The summed E-state index contributed by atoms with van der Waals surface area (Å²) in [7, 11) is -3.52. The van der Waals surface area contributed by atoms with Gasteiger partial charge in [0.15, 0.2) is 5.82 Å². The Hall–Kier alpha value is -2.22. The van der Waals surface area contributed by atoms with Crippen molar-refractivity contribution in [1.82, 2.24) is 14.4 Å². The van der Waals surface area contributed by atoms with Crippen LogP contribution in [0.5, 0.6) is 0 Å². The first-order valence-electron chi connectivity index (χ1n) is 8.14. The molecule has 1 aromatic heterocycles. The number of halogens is 1. The summed E-state index contributed by atoms with van der Waals surface area (Å²) in [5.74, 6) is 1.01. The molecule has 0 amide bonds. The average Bonchev–Trinajstić information content (AvgIpc) is 3.02. The van der Waals surface area contributed by atoms with Crippen LogP contribution in [0.15, 0.2) is 64.0 Å². The Bertz CT molecular complexity index is 998. The third-order valence-electron chi connectivity index (χ3n) is 4.34. The second-order valence-corrected chi connectivity index (χ2v) is 8.56. The topological polar surface area (TPSA) is 76.3 Å². The molecule has 0 saturated carbocycles. The molecule has 1 aliphatic heterocycles. The third-order valence-corrected chi connectivity index (χ3v) is 6.44. The standard InChI is InChI=1S/C18H16ClN3O3S/c19-15-6-8-16(9-7-15)26(23,24)22-11-14(12-22)18-20-17(21-25-18)10-13-4-2-1-3-5-13/h1-9,14H,10-12H2. The smallest absolute Gasteiger partial charge is 0.243 e. The van der Waals surface area contributed by atoms with E-state index in [0.717, 1.165) is 5.56 Å². The predicted molar refractivity (Wildman–Crippen MR) is 96.5 cm³/mol. The molecule has 1 fully saturated rings. The molecule has 0 spiro atoms. The predicted octanol–water partition coefficient (Wildman–Crippen LogP) is 3.10. The van der Waals surface area contributed by atoms with Gasteiger partial charge < -0.3 is 4.52 Å². The summed E-state index contributed by atoms with van der Waals surface area (Å²) in [5.41, 5.74) is 1.10. The Balaban J connectivity index is 1.41. The summed E-state index contributed by atoms with van der Waals surface area (Å²) >= 11 is 5.82. The first kappa shape index (κ1) is 17.2. The summed E-state index contributed by atoms with van der Waals surface area (Å²) in [6.45, 7) is 0.663. The number of sulfonamides is 1. The van der Waals surface area contributed by atoms with Gasteiger partial charge in [0.05, 0.1) is 10.8 Å². The molecule has 0 aliphatic carbocycles. The molecule has 3 aromatic rings. The van der Waals surface area contributed by atoms with Crippen molar-refractivity contribution in [3.8, 4) is 0 Å². The molecule has 1 aliphatic rings. The van der Waals surface area contributed by atoms with E-state index in [1.54, 1.807) is 12.1 Å². The average molecular weight is 390 g/mol. The van der Waals surface area contributed by atoms with Gasteiger partial charge in [0.1, 0.15) is 0 Å². The van der Waals surface area contributed by atoms with Gasteiger partial charge in [-0.15, -0.1) is 0 Å². The second-order valence-electron chi connectivity index (χ2n) is 6.18. The molecule has 6 nitrogen and oxygen atoms in total. The number of nitrogens with zero attached hydrogens (tertiary/aromatic N) is 3. The zero-order valence-corrected chi connectivity index (χ0v) is 15.3. The molecule has 0 atom stereocenters. The van der Waals surface area contributed by atoms with Gasteiger partial charge >= 0.3 is 0 Å². The van der Waals surface area contributed by atoms with Crippen LogP contribution in [0.2, 0.25) is 5.02 Å². The minimum atomic E-state index is -3.52. The summed E-state index contributed by atoms with van der Waals surface area (Å²) in [5, 5.41) is 4.50. The van der Waals surface area contributed by atoms with Gasteiger partial charge in [-0.2, -0.15) is 9.29 Å². The van der Waals surface area contributed by atoms with Crippen LogP contribution in [0, 0.1) is 0 Å². The van der Waals surface area contributed by atoms with Crippen LogP contribution in [0.3, 0.4) is 0 Å². The Morgan fingerprint density at radius 3 is 2.46 bits per heavy atom. The minimum absolute atomic E-state index is 0.0749. The van der Waals surface area contributed by atoms with E-state index in [1.165, 1.54) is 16.4 Å². The van der Waals surface area contributed by atoms with Crippen LogP contribution in [-0.4, -0.2) is 36.0 Å². The monoisotopic (exact) mass is 389 g/mol. The highest BCUT2D eigenvalue weighted by atomic mass is 35.5. The first-order chi connectivity index (χ1) is 12.5. The number of aromatic nitrogens is 2. The second kappa shape index (κ2) is 6.83. The molecule has 26 heavy (non-hydrogen) atoms. The van der Waals surface area contributed by atoms with Gasteiger partial charge in [-0.05, 0) is 29.8 Å². The molecule has 2 aromatic carbocycles. The van der Waals surface area contributed by atoms with E-state index >= 15 is 0 Å². The van der Waals surface area contributed by atoms with Gasteiger partial charge in [0, 0.05) is 24.5 Å². The number of benzene rings is 2. The number of hydrogen-bond acceptors (Lipinski definition) is 5. The SMILES string of the molecule is O=S(=O)(c1ccc(Cl)cc1)N1CC(c2nc(Cc3ccccc3)no2)C1. The Kier molecular flexibility index (Phi) is 4.52. The normalized spacial score (nSPS) is 15.7. The summed E-state index contributed by atoms with van der Waals surface area (Å²) < 4.78 is 31.9. The zero-order chi connectivity index (χ0) is 18.1. The lowest BCUT2D eigenvalue weighted by Crippen LogP contribution is -2.48. The quantitative estimate of drug-likeness (QED) is 0.670. The van der Waals surface area contributed by atoms with Gasteiger partial charge in [0.25, 0.3) is 0 Å². The van der Waals surface area contributed by atoms with Crippen molar-refractivity contribution in [2.45, 2.75) is 17.2 Å². The van der Waals surface area contributed by atoms with Crippen LogP contribution in [0.4, 0.5) is 0 Å². The van der Waals surface area contributed by atoms with Crippen LogP contribution in [0.1, 0.15) is 23.2 Å². The van der Waals surface area contributed by atoms with Gasteiger partial charge in [-0.1, -0.05) is 47.1 Å². The fourth-order valence-electron chi connectivity index (χ4n) is 2.83. The highest BCUT2D eigenvalue weighted by molar-refractivity contribution is 7.89. The molecule has 0 bridgehead atoms. The molecule has 8 heteroatoms. The first-order valence-corrected chi connectivity index (χ1v) is 9.96. The molecular weight excluding hydrogens is 374 g/mol. The lowest BCUT2D eigenvalue weighted by molar-refractivity contribution is 0.216. The molecule has 0 radical (unpaired) electrons. The Labute approximate surface area is 156 Å². The van der Waals surface area contributed by atoms with Crippen molar-refractivity contribution in [3.63, 3.8) is 0 Å². The van der Waals surface area contributed by atoms with Crippen LogP contribution < -0.4 is 0 Å². The Morgan fingerprint density at radius 2 is 1.77 bits per heavy atom. The molecule has 1 saturated heterocycles. The van der Waals surface area contributed by atoms with Gasteiger partial charge in [-0.3, -0.25) is 0 Å². The van der Waals surface area contributed by atoms with Gasteiger partial charge in [-0.25, -0.2) is 8.42 Å². The fourth-order valence-corrected chi connectivity index (χ4v) is 4.49. The Morgan fingerprint density at radius 1 is 1.08 bits per heavy atom. The summed E-state index contributed by atoms with van der Waals surface area (Å²) in [4.78, 5) is 4.64. The summed E-state index contributed by atoms with van der Waals surface area (Å²) in [6.07, 6.45) is 0.587. The fraction of sp³-hybridized carbons (Fsp3) is 0.222. The van der Waals surface area contributed by atoms with E-state index in [0.29, 0.717) is 36.2 Å². The van der Waals surface area contributed by atoms with Crippen molar-refractivity contribution < 1.29 is 12.9 Å². The minimum Gasteiger partial charge on any atom is -0.339 e. The van der Waals surface area contributed by atoms with E-state index in [2.05, 4.69) is 10.1 Å². The van der Waals surface area contributed by atoms with Gasteiger partial charge in [0.2, 0.25) is 15.9 Å². The third kappa shape index (κ3) is 3.38. The van der Waals surface area contributed by atoms with Crippen molar-refractivity contribution in [2.24, 2.45) is 0 Å². The molecule has 2 heterocycles. The molecule has 0 unspecified atom stereocenters. The van der Waals surface area contributed by atoms with E-state index in [-0.39, 0.29) is 10.8 Å². The molecule has 4 rings (SSSR count). The maximum Gasteiger partial charge on any atom is 0.243 e. The van der Waals surface area contributed by atoms with E-state index < -0.39 is 10.0 Å². The number of rotatable bonds is 5. The summed E-state index contributed by atoms with van der Waals surface area (Å²) in [6, 6.07) is 16.0. The van der Waals surface area contributed by atoms with Crippen molar-refractivity contribution in [2.75, 3.05) is 13.1 Å². The van der Waals surface area contributed by atoms with E-state index in [9.17, 15) is 8.42 Å². The number of hydrogen-bond donors (Lipinski definition) is 0. The van der Waals surface area contributed by atoms with Crippen molar-refractivity contribution in [1.29, 1.82) is 0 Å². The van der Waals surface area contributed by atoms with E-state index in [4.69, 9.17) is 16.1 Å². The molecule has 0 N–H and O–H groups in total. The maximum atomic E-state index is 12.6. The van der Waals surface area contributed by atoms with Crippen LogP contribution in [-0.2, 0) is 16.4 Å². The van der Waals surface area contributed by atoms with Crippen molar-refractivity contribution in [3.05, 3.63) is 76.9 Å². The highest BCUT2D eigenvalue weighted by Gasteiger charge is 2.40. The lowest BCUT2D eigenvalue weighted by atomic mass is 10.0. The molecule has 134 valence electrons. The highest BCUT2D eigenvalue weighted by Crippen LogP contribution is 2.31. The van der Waals surface area contributed by atoms with Crippen molar-refractivity contribution >= 4 is 21.6 Å². The molecular formula is C18H16ClN3O3S. The zero-order valence-electron chi connectivity index (χ0n) is 13.7. The van der Waals surface area contributed by atoms with Crippen LogP contribution in [0.25, 0.3) is 0 Å². The largest absolute Gasteiger partial charge is 0.339 e. The van der Waals surface area contributed by atoms with E-state index in [1.807, 2.05) is 30.3 Å². The lowest BCUT2D eigenvalue weighted by Gasteiger charge is -2.35. The maximum absolute atomic E-state index is 12.6. The van der Waals surface area contributed by atoms with Crippen LogP contribution >= 0.6 is 11.6 Å².